The van der Waals surface area contributed by atoms with Gasteiger partial charge < -0.3 is 0 Å². The molecule has 0 fully saturated rings. The highest BCUT2D eigenvalue weighted by atomic mass is 16.1. The molecule has 5 heteroatoms. The van der Waals surface area contributed by atoms with E-state index in [4.69, 9.17) is 7.85 Å². The summed E-state index contributed by atoms with van der Waals surface area (Å²) in [4.78, 5) is 15.4. The molecule has 2 rings (SSSR count). The van der Waals surface area contributed by atoms with E-state index >= 15 is 0 Å². The first-order valence-electron chi connectivity index (χ1n) is 4.90. The largest absolute Gasteiger partial charge is 0.293 e. The zero-order chi connectivity index (χ0) is 11.5. The molecule has 0 aliphatic rings. The Bertz CT molecular complexity index is 521. The Morgan fingerprint density at radius 1 is 1.50 bits per heavy atom. The van der Waals surface area contributed by atoms with Gasteiger partial charge >= 0.3 is 0 Å². The lowest BCUT2D eigenvalue weighted by molar-refractivity contribution is 0.101. The summed E-state index contributed by atoms with van der Waals surface area (Å²) in [5.41, 5.74) is 1.87. The molecular weight excluding hydrogens is 201 g/mol. The molecule has 2 radical (unpaired) electrons. The van der Waals surface area contributed by atoms with Gasteiger partial charge in [-0.3, -0.25) is 9.48 Å². The van der Waals surface area contributed by atoms with Gasteiger partial charge in [0.25, 0.3) is 0 Å². The molecule has 2 heterocycles. The maximum Gasteiger partial charge on any atom is 0.178 e. The van der Waals surface area contributed by atoms with Gasteiger partial charge in [-0.05, 0) is 12.1 Å². The van der Waals surface area contributed by atoms with Crippen molar-refractivity contribution in [2.75, 3.05) is 0 Å². The van der Waals surface area contributed by atoms with Crippen molar-refractivity contribution in [3.8, 4) is 0 Å². The number of ketones is 1. The van der Waals surface area contributed by atoms with Gasteiger partial charge in [0.2, 0.25) is 0 Å². The van der Waals surface area contributed by atoms with E-state index < -0.39 is 0 Å². The highest BCUT2D eigenvalue weighted by Crippen LogP contribution is 2.02. The fourth-order valence-corrected chi connectivity index (χ4v) is 1.40. The Balaban J connectivity index is 2.21. The van der Waals surface area contributed by atoms with Crippen LogP contribution < -0.4 is 5.46 Å². The Hall–Kier alpha value is -1.91. The highest BCUT2D eigenvalue weighted by molar-refractivity contribution is 6.31. The summed E-state index contributed by atoms with van der Waals surface area (Å²) < 4.78 is 1.68. The van der Waals surface area contributed by atoms with Crippen LogP contribution in [0.5, 0.6) is 0 Å². The predicted octanol–water partition coefficient (Wildman–Crippen LogP) is 0.323. The monoisotopic (exact) mass is 211 g/mol. The smallest absolute Gasteiger partial charge is 0.178 e. The zero-order valence-corrected chi connectivity index (χ0v) is 8.92. The third-order valence-corrected chi connectivity index (χ3v) is 2.14. The third kappa shape index (κ3) is 2.36. The van der Waals surface area contributed by atoms with Crippen molar-refractivity contribution in [2.45, 2.75) is 13.5 Å². The fourth-order valence-electron chi connectivity index (χ4n) is 1.40. The summed E-state index contributed by atoms with van der Waals surface area (Å²) in [6.45, 7) is 2.01. The summed E-state index contributed by atoms with van der Waals surface area (Å²) >= 11 is 0. The molecule has 0 aromatic carbocycles. The molecule has 0 N–H and O–H groups in total. The van der Waals surface area contributed by atoms with Crippen LogP contribution in [0.2, 0.25) is 0 Å². The molecule has 0 aliphatic heterocycles. The second-order valence-corrected chi connectivity index (χ2v) is 3.54. The van der Waals surface area contributed by atoms with E-state index in [1.807, 2.05) is 12.1 Å². The molecule has 2 aromatic rings. The maximum atomic E-state index is 11.1. The van der Waals surface area contributed by atoms with Gasteiger partial charge in [-0.1, -0.05) is 11.5 Å². The van der Waals surface area contributed by atoms with Crippen LogP contribution in [-0.4, -0.2) is 28.4 Å². The Morgan fingerprint density at radius 3 is 2.94 bits per heavy atom. The van der Waals surface area contributed by atoms with Crippen LogP contribution in [0.3, 0.4) is 0 Å². The minimum absolute atomic E-state index is 0.0400. The minimum atomic E-state index is -0.0400. The Morgan fingerprint density at radius 2 is 2.31 bits per heavy atom. The first-order chi connectivity index (χ1) is 7.65. The molecule has 78 valence electrons. The molecule has 4 nitrogen and oxygen atoms in total. The zero-order valence-electron chi connectivity index (χ0n) is 8.92. The van der Waals surface area contributed by atoms with Gasteiger partial charge in [0.15, 0.2) is 5.78 Å². The summed E-state index contributed by atoms with van der Waals surface area (Å²) in [7, 11) is 5.55. The molecule has 0 unspecified atom stereocenters. The van der Waals surface area contributed by atoms with Crippen LogP contribution >= 0.6 is 0 Å². The van der Waals surface area contributed by atoms with E-state index in [2.05, 4.69) is 10.1 Å². The van der Waals surface area contributed by atoms with E-state index in [0.717, 1.165) is 5.69 Å². The molecule has 2 aromatic heterocycles. The number of carbonyl (C=O) groups is 1. The van der Waals surface area contributed by atoms with Crippen LogP contribution in [0.4, 0.5) is 0 Å². The number of rotatable bonds is 3. The van der Waals surface area contributed by atoms with E-state index in [1.165, 1.54) is 6.92 Å². The molecule has 0 saturated heterocycles. The van der Waals surface area contributed by atoms with Crippen molar-refractivity contribution in [3.63, 3.8) is 0 Å². The van der Waals surface area contributed by atoms with Crippen LogP contribution in [0.1, 0.15) is 23.1 Å². The number of pyridine rings is 1. The van der Waals surface area contributed by atoms with E-state index in [0.29, 0.717) is 17.7 Å². The molecule has 16 heavy (non-hydrogen) atoms. The first-order valence-corrected chi connectivity index (χ1v) is 4.90. The number of aromatic nitrogens is 3. The fraction of sp³-hybridized carbons (Fsp3) is 0.182. The number of hydrogen-bond donors (Lipinski definition) is 0. The van der Waals surface area contributed by atoms with Gasteiger partial charge in [-0.15, -0.1) is 0 Å². The molecule has 0 amide bonds. The van der Waals surface area contributed by atoms with Gasteiger partial charge in [0.1, 0.15) is 13.5 Å². The summed E-state index contributed by atoms with van der Waals surface area (Å²) in [6, 6.07) is 5.36. The third-order valence-electron chi connectivity index (χ3n) is 2.14. The molecule has 0 saturated carbocycles. The quantitative estimate of drug-likeness (QED) is 0.542. The van der Waals surface area contributed by atoms with E-state index in [9.17, 15) is 4.79 Å². The van der Waals surface area contributed by atoms with Crippen molar-refractivity contribution < 1.29 is 4.79 Å². The molecule has 0 bridgehead atoms. The molecule has 0 spiro atoms. The van der Waals surface area contributed by atoms with Crippen LogP contribution in [0.15, 0.2) is 30.6 Å². The normalized spacial score (nSPS) is 10.3. The van der Waals surface area contributed by atoms with Crippen molar-refractivity contribution >= 4 is 19.1 Å². The van der Waals surface area contributed by atoms with Crippen LogP contribution in [-0.2, 0) is 6.54 Å². The second kappa shape index (κ2) is 4.30. The average molecular weight is 211 g/mol. The molecule has 0 atom stereocenters. The maximum absolute atomic E-state index is 11.1. The molecular formula is C11H10BN3O. The predicted molar refractivity (Wildman–Crippen MR) is 61.0 cm³/mol. The number of hydrogen-bond acceptors (Lipinski definition) is 3. The topological polar surface area (TPSA) is 47.8 Å². The minimum Gasteiger partial charge on any atom is -0.293 e. The van der Waals surface area contributed by atoms with Crippen molar-refractivity contribution in [1.82, 2.24) is 14.8 Å². The average Bonchev–Trinajstić information content (AvgIpc) is 2.64. The Kier molecular flexibility index (Phi) is 2.85. The summed E-state index contributed by atoms with van der Waals surface area (Å²) in [6.07, 6.45) is 3.30. The van der Waals surface area contributed by atoms with Gasteiger partial charge in [0.05, 0.1) is 12.2 Å². The molecule has 0 aliphatic carbocycles. The number of Topliss-reactive ketones (excluding diaryl/α,β-unsaturated/α-hetero) is 1. The van der Waals surface area contributed by atoms with E-state index in [-0.39, 0.29) is 5.78 Å². The highest BCUT2D eigenvalue weighted by Gasteiger charge is 2.03. The van der Waals surface area contributed by atoms with Crippen molar-refractivity contribution in [3.05, 3.63) is 42.0 Å². The standard InChI is InChI=1S/C11H10BN3O/c1-8(16)11-4-2-3-10(14-11)7-15-6-9(12)5-13-15/h2-6H,7H2,1H3. The van der Waals surface area contributed by atoms with Crippen LogP contribution in [0, 0.1) is 0 Å². The lowest BCUT2D eigenvalue weighted by atomic mass is 10.0. The van der Waals surface area contributed by atoms with Crippen molar-refractivity contribution in [2.24, 2.45) is 0 Å². The summed E-state index contributed by atoms with van der Waals surface area (Å²) in [5.74, 6) is -0.0400. The van der Waals surface area contributed by atoms with E-state index in [1.54, 1.807) is 23.1 Å². The lowest BCUT2D eigenvalue weighted by Gasteiger charge is -2.02. The lowest BCUT2D eigenvalue weighted by Crippen LogP contribution is -2.06. The number of carbonyl (C=O) groups excluding carboxylic acids is 1. The van der Waals surface area contributed by atoms with Gasteiger partial charge in [-0.25, -0.2) is 4.98 Å². The first kappa shape index (κ1) is 10.6. The number of nitrogens with zero attached hydrogens (tertiary/aromatic N) is 3. The second-order valence-electron chi connectivity index (χ2n) is 3.54. The summed E-state index contributed by atoms with van der Waals surface area (Å²) in [5, 5.41) is 4.05. The SMILES string of the molecule is [B]c1cnn(Cc2cccc(C(C)=O)n2)c1. The van der Waals surface area contributed by atoms with Crippen LogP contribution in [0.25, 0.3) is 0 Å². The van der Waals surface area contributed by atoms with Crippen molar-refractivity contribution in [1.29, 1.82) is 0 Å². The van der Waals surface area contributed by atoms with Gasteiger partial charge in [-0.2, -0.15) is 5.10 Å². The van der Waals surface area contributed by atoms with Gasteiger partial charge in [0, 0.05) is 19.3 Å². The Labute approximate surface area is 94.7 Å².